The van der Waals surface area contributed by atoms with Crippen molar-refractivity contribution in [1.82, 2.24) is 19.5 Å². The minimum Gasteiger partial charge on any atom is -0.457 e. The first-order chi connectivity index (χ1) is 17.0. The van der Waals surface area contributed by atoms with E-state index in [-0.39, 0.29) is 22.7 Å². The molecule has 1 fully saturated rings. The van der Waals surface area contributed by atoms with Crippen molar-refractivity contribution in [3.63, 3.8) is 0 Å². The first kappa shape index (κ1) is 26.1. The lowest BCUT2D eigenvalue weighted by molar-refractivity contribution is -0.0563. The van der Waals surface area contributed by atoms with Gasteiger partial charge in [0.15, 0.2) is 29.8 Å². The fourth-order valence-electron chi connectivity index (χ4n) is 3.31. The number of aromatic nitrogens is 4. The third-order valence-electron chi connectivity index (χ3n) is 4.78. The fraction of sp³-hybridized carbons (Fsp3) is 0.333. The predicted octanol–water partition coefficient (Wildman–Crippen LogP) is 1.38. The van der Waals surface area contributed by atoms with Crippen molar-refractivity contribution in [2.45, 2.75) is 24.5 Å². The minimum atomic E-state index is -5.13. The summed E-state index contributed by atoms with van der Waals surface area (Å²) in [7, 11) is -5.13. The molecular weight excluding hydrogens is 548 g/mol. The van der Waals surface area contributed by atoms with Gasteiger partial charge in [0.1, 0.15) is 17.9 Å². The standard InChI is InChI=1S/C15H15N7O11P2S/c16-12-10-13(18-5-17-12)22(6-19-10)14-11(32-15(23)7-2-1-3-29-7)9(20-24)8(31-14)4-30-35(27,28)33-34(26,36)21-25/h1-3,5-6,8-9,11,14H,4H2,(H,26,36)(H,27,28)(H2,16,17,18). The molecular formula is C15H15N7O11P2S. The van der Waals surface area contributed by atoms with E-state index < -0.39 is 51.5 Å². The van der Waals surface area contributed by atoms with Crippen LogP contribution < -0.4 is 5.73 Å². The second-order valence-corrected chi connectivity index (χ2v) is 11.4. The van der Waals surface area contributed by atoms with Crippen LogP contribution in [0.2, 0.25) is 0 Å². The average molecular weight is 563 g/mol. The number of nitrogens with zero attached hydrogens (tertiary/aromatic N) is 6. The number of phosphoric acid groups is 1. The Labute approximate surface area is 204 Å². The molecule has 0 aliphatic carbocycles. The smallest absolute Gasteiger partial charge is 0.457 e. The van der Waals surface area contributed by atoms with Crippen LogP contribution in [-0.2, 0) is 34.7 Å². The SMILES string of the molecule is Nc1ncnc2c1ncn2C1OC(COP(=O)(O)OP(O)(=S)N=O)C(N=O)C1OC(=O)c1ccco1. The molecule has 4 rings (SSSR count). The molecule has 18 nitrogen and oxygen atoms in total. The van der Waals surface area contributed by atoms with E-state index in [1.165, 1.54) is 29.3 Å². The van der Waals surface area contributed by atoms with E-state index >= 15 is 0 Å². The zero-order chi connectivity index (χ0) is 26.1. The summed E-state index contributed by atoms with van der Waals surface area (Å²) in [6.45, 7) is -5.35. The van der Waals surface area contributed by atoms with E-state index in [0.29, 0.717) is 0 Å². The maximum Gasteiger partial charge on any atom is 0.479 e. The van der Waals surface area contributed by atoms with Crippen LogP contribution >= 0.6 is 14.5 Å². The van der Waals surface area contributed by atoms with Crippen molar-refractivity contribution in [2.24, 2.45) is 10.1 Å². The second kappa shape index (κ2) is 10.2. The topological polar surface area (TPSA) is 253 Å². The molecule has 0 radical (unpaired) electrons. The van der Waals surface area contributed by atoms with E-state index in [1.807, 2.05) is 0 Å². The highest BCUT2D eigenvalue weighted by Gasteiger charge is 2.51. The molecule has 4 heterocycles. The van der Waals surface area contributed by atoms with Crippen molar-refractivity contribution in [1.29, 1.82) is 0 Å². The predicted molar refractivity (Wildman–Crippen MR) is 120 cm³/mol. The van der Waals surface area contributed by atoms with Gasteiger partial charge in [0.05, 0.1) is 19.2 Å². The minimum absolute atomic E-state index is 0.0349. The van der Waals surface area contributed by atoms with E-state index in [0.717, 1.165) is 6.33 Å². The zero-order valence-electron chi connectivity index (χ0n) is 17.5. The number of rotatable bonds is 10. The zero-order valence-corrected chi connectivity index (χ0v) is 20.1. The Morgan fingerprint density at radius 2 is 2.08 bits per heavy atom. The molecule has 0 saturated carbocycles. The molecule has 1 saturated heterocycles. The van der Waals surface area contributed by atoms with Crippen molar-refractivity contribution in [3.8, 4) is 0 Å². The number of carbonyl (C=O) groups excluding carboxylic acids is 1. The Kier molecular flexibility index (Phi) is 7.35. The molecule has 0 aromatic carbocycles. The Balaban J connectivity index is 1.64. The van der Waals surface area contributed by atoms with Crippen LogP contribution in [0.5, 0.6) is 0 Å². The van der Waals surface area contributed by atoms with E-state index in [1.54, 1.807) is 0 Å². The van der Waals surface area contributed by atoms with E-state index in [2.05, 4.69) is 41.2 Å². The lowest BCUT2D eigenvalue weighted by atomic mass is 10.1. The van der Waals surface area contributed by atoms with Crippen LogP contribution in [-0.4, -0.2) is 60.1 Å². The number of nitrogens with two attached hydrogens (primary N) is 1. The third-order valence-corrected chi connectivity index (χ3v) is 7.93. The van der Waals surface area contributed by atoms with Crippen molar-refractivity contribution >= 4 is 49.2 Å². The number of nitrogen functional groups attached to an aromatic ring is 1. The van der Waals surface area contributed by atoms with Crippen LogP contribution in [0.15, 0.2) is 45.6 Å². The van der Waals surface area contributed by atoms with Crippen LogP contribution in [0, 0.1) is 9.81 Å². The summed E-state index contributed by atoms with van der Waals surface area (Å²) in [5, 5.41) is 2.94. The Morgan fingerprint density at radius 3 is 2.75 bits per heavy atom. The number of ether oxygens (including phenoxy) is 2. The number of anilines is 1. The van der Waals surface area contributed by atoms with Gasteiger partial charge in [-0.15, -0.1) is 4.91 Å². The first-order valence-corrected chi connectivity index (χ1v) is 13.7. The summed E-state index contributed by atoms with van der Waals surface area (Å²) < 4.78 is 38.5. The molecule has 21 heteroatoms. The van der Waals surface area contributed by atoms with Gasteiger partial charge in [-0.2, -0.15) is 4.91 Å². The van der Waals surface area contributed by atoms with Crippen LogP contribution in [0.4, 0.5) is 5.82 Å². The molecule has 0 spiro atoms. The number of furan rings is 1. The number of phosphoric ester groups is 1. The van der Waals surface area contributed by atoms with E-state index in [4.69, 9.17) is 24.1 Å². The largest absolute Gasteiger partial charge is 0.479 e. The number of imidazole rings is 1. The summed E-state index contributed by atoms with van der Waals surface area (Å²) in [5.41, 5.74) is 6.13. The highest BCUT2D eigenvalue weighted by atomic mass is 32.5. The van der Waals surface area contributed by atoms with Crippen molar-refractivity contribution in [3.05, 3.63) is 46.6 Å². The van der Waals surface area contributed by atoms with Gasteiger partial charge < -0.3 is 29.4 Å². The lowest BCUT2D eigenvalue weighted by Gasteiger charge is -2.20. The van der Waals surface area contributed by atoms with Crippen molar-refractivity contribution < 1.29 is 41.9 Å². The number of esters is 1. The summed E-state index contributed by atoms with van der Waals surface area (Å²) in [6.07, 6.45) is -0.561. The lowest BCUT2D eigenvalue weighted by Crippen LogP contribution is -2.36. The average Bonchev–Trinajstić information content (AvgIpc) is 3.56. The number of fused-ring (bicyclic) bond motifs is 1. The molecule has 1 aliphatic heterocycles. The summed E-state index contributed by atoms with van der Waals surface area (Å²) in [4.78, 5) is 68.0. The number of nitroso groups, excluding NO2 is 2. The molecule has 3 aromatic heterocycles. The highest BCUT2D eigenvalue weighted by Crippen LogP contribution is 2.61. The Bertz CT molecular complexity index is 1390. The van der Waals surface area contributed by atoms with Gasteiger partial charge in [-0.05, 0) is 23.9 Å². The van der Waals surface area contributed by atoms with Crippen LogP contribution in [0.1, 0.15) is 16.8 Å². The Hall–Kier alpha value is -3.02. The monoisotopic (exact) mass is 563 g/mol. The first-order valence-electron chi connectivity index (χ1n) is 9.57. The van der Waals surface area contributed by atoms with Gasteiger partial charge in [-0.3, -0.25) is 9.09 Å². The summed E-state index contributed by atoms with van der Waals surface area (Å²) in [5.74, 6) is -1.13. The Morgan fingerprint density at radius 1 is 1.31 bits per heavy atom. The number of hydrogen-bond acceptors (Lipinski definition) is 15. The molecule has 0 bridgehead atoms. The molecule has 1 aliphatic rings. The third kappa shape index (κ3) is 5.37. The molecule has 6 unspecified atom stereocenters. The van der Waals surface area contributed by atoms with Gasteiger partial charge in [-0.1, -0.05) is 5.18 Å². The van der Waals surface area contributed by atoms with Crippen molar-refractivity contribution in [2.75, 3.05) is 12.3 Å². The number of carbonyl (C=O) groups is 1. The second-order valence-electron chi connectivity index (χ2n) is 7.01. The fourth-order valence-corrected chi connectivity index (χ4v) is 5.78. The van der Waals surface area contributed by atoms with Crippen LogP contribution in [0.3, 0.4) is 0 Å². The molecule has 4 N–H and O–H groups in total. The van der Waals surface area contributed by atoms with Crippen LogP contribution in [0.25, 0.3) is 11.2 Å². The van der Waals surface area contributed by atoms with Gasteiger partial charge in [-0.25, -0.2) is 28.6 Å². The normalized spacial score (nSPS) is 25.2. The molecule has 6 atom stereocenters. The maximum atomic E-state index is 12.6. The quantitative estimate of drug-likeness (QED) is 0.179. The van der Waals surface area contributed by atoms with Gasteiger partial charge in [0, 0.05) is 4.95 Å². The molecule has 3 aromatic rings. The maximum absolute atomic E-state index is 12.6. The van der Waals surface area contributed by atoms with E-state index in [9.17, 15) is 29.0 Å². The summed E-state index contributed by atoms with van der Waals surface area (Å²) in [6, 6.07) is 1.24. The highest BCUT2D eigenvalue weighted by molar-refractivity contribution is 8.10. The van der Waals surface area contributed by atoms with Gasteiger partial charge >= 0.3 is 20.4 Å². The molecule has 192 valence electrons. The number of hydrogen-bond donors (Lipinski definition) is 3. The van der Waals surface area contributed by atoms with Gasteiger partial charge in [0.2, 0.25) is 5.76 Å². The summed E-state index contributed by atoms with van der Waals surface area (Å²) >= 11 is 4.28. The van der Waals surface area contributed by atoms with Gasteiger partial charge in [0.25, 0.3) is 0 Å². The molecule has 0 amide bonds. The molecule has 36 heavy (non-hydrogen) atoms.